The Kier molecular flexibility index (Phi) is 5.19. The van der Waals surface area contributed by atoms with Gasteiger partial charge in [0.25, 0.3) is 0 Å². The van der Waals surface area contributed by atoms with Gasteiger partial charge in [-0.25, -0.2) is 4.79 Å². The van der Waals surface area contributed by atoms with Gasteiger partial charge in [-0.2, -0.15) is 0 Å². The highest BCUT2D eigenvalue weighted by atomic mass is 16.6. The number of carboxylic acids is 1. The van der Waals surface area contributed by atoms with Gasteiger partial charge in [0, 0.05) is 0 Å². The molecule has 0 aromatic heterocycles. The topological polar surface area (TPSA) is 72.8 Å². The normalized spacial score (nSPS) is 13.1. The van der Waals surface area contributed by atoms with Crippen LogP contribution in [0.5, 0.6) is 0 Å². The van der Waals surface area contributed by atoms with Crippen LogP contribution >= 0.6 is 0 Å². The second kappa shape index (κ2) is 5.70. The van der Waals surface area contributed by atoms with Gasteiger partial charge in [0.2, 0.25) is 0 Å². The number of carboxylic acid groups (broad SMARTS) is 1. The van der Waals surface area contributed by atoms with E-state index in [1.54, 1.807) is 13.8 Å². The zero-order valence-electron chi connectivity index (χ0n) is 10.9. The van der Waals surface area contributed by atoms with Crippen molar-refractivity contribution in [1.29, 1.82) is 0 Å². The summed E-state index contributed by atoms with van der Waals surface area (Å²) in [6.07, 6.45) is -0.185. The van der Waals surface area contributed by atoms with Gasteiger partial charge in [-0.05, 0) is 41.2 Å². The highest BCUT2D eigenvalue weighted by molar-refractivity contribution is 5.86. The average molecular weight is 244 g/mol. The zero-order chi connectivity index (χ0) is 13.8. The van der Waals surface area contributed by atoms with Crippen LogP contribution in [0, 0.1) is 5.92 Å². The molecule has 0 aliphatic rings. The number of esters is 1. The number of carbonyl (C=O) groups excluding carboxylic acids is 1. The molecule has 98 valence electrons. The molecule has 0 radical (unpaired) electrons. The molecule has 17 heavy (non-hydrogen) atoms. The Hall–Kier alpha value is -1.52. The van der Waals surface area contributed by atoms with Crippen LogP contribution in [-0.4, -0.2) is 28.8 Å². The van der Waals surface area contributed by atoms with E-state index in [0.717, 1.165) is 0 Å². The summed E-state index contributed by atoms with van der Waals surface area (Å²) in [5.74, 6) is -2.71. The van der Waals surface area contributed by atoms with E-state index in [1.807, 2.05) is 0 Å². The Morgan fingerprint density at radius 2 is 1.71 bits per heavy atom. The van der Waals surface area contributed by atoms with Gasteiger partial charge in [-0.1, -0.05) is 0 Å². The maximum Gasteiger partial charge on any atom is 0.373 e. The first-order chi connectivity index (χ1) is 7.58. The van der Waals surface area contributed by atoms with Crippen molar-refractivity contribution >= 4 is 11.9 Å². The third-order valence-corrected chi connectivity index (χ3v) is 2.37. The molecule has 0 aliphatic carbocycles. The molecule has 0 bridgehead atoms. The number of rotatable bonds is 6. The first kappa shape index (κ1) is 15.5. The van der Waals surface area contributed by atoms with Crippen molar-refractivity contribution in [2.45, 2.75) is 46.3 Å². The molecule has 5 heteroatoms. The minimum absolute atomic E-state index is 0.120. The van der Waals surface area contributed by atoms with Gasteiger partial charge in [-0.3, -0.25) is 4.79 Å². The fourth-order valence-electron chi connectivity index (χ4n) is 1.01. The first-order valence-electron chi connectivity index (χ1n) is 5.39. The molecule has 1 unspecified atom stereocenters. The molecule has 1 atom stereocenters. The van der Waals surface area contributed by atoms with Gasteiger partial charge in [0.05, 0.1) is 12.0 Å². The van der Waals surface area contributed by atoms with E-state index >= 15 is 0 Å². The van der Waals surface area contributed by atoms with Crippen molar-refractivity contribution in [2.24, 2.45) is 5.92 Å². The van der Waals surface area contributed by atoms with Crippen LogP contribution in [0.25, 0.3) is 0 Å². The lowest BCUT2D eigenvalue weighted by Crippen LogP contribution is -2.40. The van der Waals surface area contributed by atoms with Crippen LogP contribution in [0.3, 0.4) is 0 Å². The standard InChI is InChI=1S/C12H20O5/c1-7(2)16-9(4)11(15)17-12(5,6)8(3)10(13)14/h7-8H,4H2,1-3,5-6H3,(H,13,14). The summed E-state index contributed by atoms with van der Waals surface area (Å²) in [6.45, 7) is 11.5. The van der Waals surface area contributed by atoms with Crippen LogP contribution in [0.15, 0.2) is 12.3 Å². The quantitative estimate of drug-likeness (QED) is 0.439. The Morgan fingerprint density at radius 1 is 1.24 bits per heavy atom. The molecule has 0 rings (SSSR count). The first-order valence-corrected chi connectivity index (χ1v) is 5.39. The highest BCUT2D eigenvalue weighted by Gasteiger charge is 2.36. The molecule has 0 amide bonds. The summed E-state index contributed by atoms with van der Waals surface area (Å²) < 4.78 is 10.2. The minimum Gasteiger partial charge on any atom is -0.484 e. The van der Waals surface area contributed by atoms with Crippen LogP contribution in [0.2, 0.25) is 0 Å². The summed E-state index contributed by atoms with van der Waals surface area (Å²) in [7, 11) is 0. The van der Waals surface area contributed by atoms with Crippen molar-refractivity contribution in [3.05, 3.63) is 12.3 Å². The van der Waals surface area contributed by atoms with Crippen molar-refractivity contribution in [1.82, 2.24) is 0 Å². The van der Waals surface area contributed by atoms with E-state index in [1.165, 1.54) is 20.8 Å². The fourth-order valence-corrected chi connectivity index (χ4v) is 1.01. The highest BCUT2D eigenvalue weighted by Crippen LogP contribution is 2.23. The Morgan fingerprint density at radius 3 is 2.06 bits per heavy atom. The van der Waals surface area contributed by atoms with E-state index in [9.17, 15) is 9.59 Å². The predicted octanol–water partition coefficient (Wildman–Crippen LogP) is 1.97. The van der Waals surface area contributed by atoms with Crippen molar-refractivity contribution in [3.8, 4) is 0 Å². The molecule has 5 nitrogen and oxygen atoms in total. The number of carbonyl (C=O) groups is 2. The number of aliphatic carboxylic acids is 1. The second-order valence-electron chi connectivity index (χ2n) is 4.64. The monoisotopic (exact) mass is 244 g/mol. The van der Waals surface area contributed by atoms with Crippen molar-refractivity contribution in [3.63, 3.8) is 0 Å². The third-order valence-electron chi connectivity index (χ3n) is 2.37. The van der Waals surface area contributed by atoms with Gasteiger partial charge in [0.15, 0.2) is 5.76 Å². The van der Waals surface area contributed by atoms with Gasteiger partial charge in [0.1, 0.15) is 5.60 Å². The maximum absolute atomic E-state index is 11.6. The summed E-state index contributed by atoms with van der Waals surface area (Å²) in [5.41, 5.74) is -1.12. The lowest BCUT2D eigenvalue weighted by molar-refractivity contribution is -0.168. The third kappa shape index (κ3) is 4.89. The SMILES string of the molecule is C=C(OC(C)C)C(=O)OC(C)(C)C(C)C(=O)O. The number of hydrogen-bond donors (Lipinski definition) is 1. The van der Waals surface area contributed by atoms with E-state index in [0.29, 0.717) is 0 Å². The zero-order valence-corrected chi connectivity index (χ0v) is 10.9. The lowest BCUT2D eigenvalue weighted by Gasteiger charge is -2.29. The molecule has 0 aliphatic heterocycles. The fraction of sp³-hybridized carbons (Fsp3) is 0.667. The predicted molar refractivity (Wildman–Crippen MR) is 62.3 cm³/mol. The molecule has 0 fully saturated rings. The molecule has 0 saturated heterocycles. The Labute approximate surface area is 101 Å². The molecular formula is C12H20O5. The largest absolute Gasteiger partial charge is 0.484 e. The smallest absolute Gasteiger partial charge is 0.373 e. The van der Waals surface area contributed by atoms with Gasteiger partial charge < -0.3 is 14.6 Å². The summed E-state index contributed by atoms with van der Waals surface area (Å²) in [6, 6.07) is 0. The van der Waals surface area contributed by atoms with E-state index in [2.05, 4.69) is 6.58 Å². The van der Waals surface area contributed by atoms with E-state index in [-0.39, 0.29) is 11.9 Å². The maximum atomic E-state index is 11.6. The summed E-state index contributed by atoms with van der Waals surface area (Å²) in [5, 5.41) is 8.87. The van der Waals surface area contributed by atoms with Crippen LogP contribution in [-0.2, 0) is 19.1 Å². The molecule has 0 aromatic rings. The number of hydrogen-bond acceptors (Lipinski definition) is 4. The Bertz CT molecular complexity index is 317. The van der Waals surface area contributed by atoms with E-state index < -0.39 is 23.5 Å². The molecule has 0 saturated carbocycles. The second-order valence-corrected chi connectivity index (χ2v) is 4.64. The minimum atomic E-state index is -1.12. The van der Waals surface area contributed by atoms with Crippen LogP contribution < -0.4 is 0 Å². The summed E-state index contributed by atoms with van der Waals surface area (Å²) >= 11 is 0. The van der Waals surface area contributed by atoms with Gasteiger partial charge >= 0.3 is 11.9 Å². The Balaban J connectivity index is 4.57. The average Bonchev–Trinajstić information content (AvgIpc) is 2.14. The van der Waals surface area contributed by atoms with E-state index in [4.69, 9.17) is 14.6 Å². The van der Waals surface area contributed by atoms with Crippen molar-refractivity contribution < 1.29 is 24.2 Å². The van der Waals surface area contributed by atoms with Crippen molar-refractivity contribution in [2.75, 3.05) is 0 Å². The molecular weight excluding hydrogens is 224 g/mol. The van der Waals surface area contributed by atoms with Gasteiger partial charge in [-0.15, -0.1) is 0 Å². The number of ether oxygens (including phenoxy) is 2. The molecule has 0 spiro atoms. The molecule has 1 N–H and O–H groups in total. The molecule has 0 aromatic carbocycles. The summed E-state index contributed by atoms with van der Waals surface area (Å²) in [4.78, 5) is 22.4. The molecule has 0 heterocycles. The lowest BCUT2D eigenvalue weighted by atomic mass is 9.93. The van der Waals surface area contributed by atoms with Crippen LogP contribution in [0.4, 0.5) is 0 Å². The van der Waals surface area contributed by atoms with Crippen LogP contribution in [0.1, 0.15) is 34.6 Å².